The van der Waals surface area contributed by atoms with E-state index < -0.39 is 10.2 Å². The Bertz CT molecular complexity index is 300. The fourth-order valence-electron chi connectivity index (χ4n) is 2.18. The molecule has 102 valence electrons. The molecular formula is C11H24N2O3S. The highest BCUT2D eigenvalue weighted by Gasteiger charge is 2.26. The molecule has 0 aromatic carbocycles. The average molecular weight is 264 g/mol. The zero-order chi connectivity index (χ0) is 12.7. The van der Waals surface area contributed by atoms with Gasteiger partial charge in [0.2, 0.25) is 0 Å². The van der Waals surface area contributed by atoms with E-state index >= 15 is 0 Å². The van der Waals surface area contributed by atoms with Crippen LogP contribution in [0.3, 0.4) is 0 Å². The van der Waals surface area contributed by atoms with Crippen LogP contribution in [0.25, 0.3) is 0 Å². The third kappa shape index (κ3) is 4.91. The summed E-state index contributed by atoms with van der Waals surface area (Å²) in [6.07, 6.45) is 6.70. The van der Waals surface area contributed by atoms with Gasteiger partial charge in [-0.2, -0.15) is 12.7 Å². The SMILES string of the molecule is CN(C1CCCCC1)S(=O)(=O)NCCCCO. The molecule has 0 radical (unpaired) electrons. The number of rotatable bonds is 7. The van der Waals surface area contributed by atoms with Gasteiger partial charge in [-0.1, -0.05) is 19.3 Å². The first-order chi connectivity index (χ1) is 8.08. The monoisotopic (exact) mass is 264 g/mol. The van der Waals surface area contributed by atoms with Gasteiger partial charge in [-0.25, -0.2) is 4.72 Å². The van der Waals surface area contributed by atoms with E-state index in [1.807, 2.05) is 0 Å². The number of hydrogen-bond donors (Lipinski definition) is 2. The first-order valence-corrected chi connectivity index (χ1v) is 7.85. The second-order valence-electron chi connectivity index (χ2n) is 4.64. The van der Waals surface area contributed by atoms with Crippen molar-refractivity contribution in [1.82, 2.24) is 9.03 Å². The average Bonchev–Trinajstić information content (AvgIpc) is 2.35. The van der Waals surface area contributed by atoms with Crippen molar-refractivity contribution in [2.45, 2.75) is 51.0 Å². The molecule has 0 unspecified atom stereocenters. The Morgan fingerprint density at radius 1 is 1.24 bits per heavy atom. The predicted octanol–water partition coefficient (Wildman–Crippen LogP) is 0.858. The summed E-state index contributed by atoms with van der Waals surface area (Å²) in [7, 11) is -1.68. The smallest absolute Gasteiger partial charge is 0.279 e. The summed E-state index contributed by atoms with van der Waals surface area (Å²) in [6, 6.07) is 0.152. The van der Waals surface area contributed by atoms with Crippen molar-refractivity contribution in [3.05, 3.63) is 0 Å². The van der Waals surface area contributed by atoms with Crippen molar-refractivity contribution < 1.29 is 13.5 Å². The summed E-state index contributed by atoms with van der Waals surface area (Å²) in [5, 5.41) is 8.62. The fourth-order valence-corrected chi connectivity index (χ4v) is 3.39. The number of hydrogen-bond acceptors (Lipinski definition) is 3. The zero-order valence-corrected chi connectivity index (χ0v) is 11.4. The van der Waals surface area contributed by atoms with Gasteiger partial charge in [-0.15, -0.1) is 0 Å². The number of aliphatic hydroxyl groups is 1. The van der Waals surface area contributed by atoms with Crippen LogP contribution in [0.5, 0.6) is 0 Å². The first-order valence-electron chi connectivity index (χ1n) is 6.41. The largest absolute Gasteiger partial charge is 0.396 e. The standard InChI is InChI=1S/C11H24N2O3S/c1-13(11-7-3-2-4-8-11)17(15,16)12-9-5-6-10-14/h11-12,14H,2-10H2,1H3. The molecule has 1 aliphatic rings. The molecule has 6 heteroatoms. The molecule has 0 bridgehead atoms. The second kappa shape index (κ2) is 7.31. The fraction of sp³-hybridized carbons (Fsp3) is 1.00. The van der Waals surface area contributed by atoms with E-state index in [9.17, 15) is 8.42 Å². The molecule has 0 atom stereocenters. The van der Waals surface area contributed by atoms with Gasteiger partial charge >= 0.3 is 0 Å². The van der Waals surface area contributed by atoms with Gasteiger partial charge in [0.25, 0.3) is 10.2 Å². The Hall–Kier alpha value is -0.170. The van der Waals surface area contributed by atoms with Gasteiger partial charge in [0.15, 0.2) is 0 Å². The van der Waals surface area contributed by atoms with Crippen molar-refractivity contribution in [2.75, 3.05) is 20.2 Å². The maximum atomic E-state index is 11.9. The summed E-state index contributed by atoms with van der Waals surface area (Å²) >= 11 is 0. The minimum absolute atomic E-state index is 0.111. The van der Waals surface area contributed by atoms with Crippen LogP contribution in [0.15, 0.2) is 0 Å². The molecule has 0 spiro atoms. The van der Waals surface area contributed by atoms with E-state index in [1.54, 1.807) is 7.05 Å². The molecule has 0 aromatic heterocycles. The first kappa shape index (κ1) is 14.9. The van der Waals surface area contributed by atoms with Crippen LogP contribution in [0.1, 0.15) is 44.9 Å². The molecule has 1 aliphatic carbocycles. The third-order valence-corrected chi connectivity index (χ3v) is 4.96. The molecular weight excluding hydrogens is 240 g/mol. The lowest BCUT2D eigenvalue weighted by Gasteiger charge is -2.30. The van der Waals surface area contributed by atoms with Gasteiger partial charge < -0.3 is 5.11 Å². The minimum atomic E-state index is -3.34. The van der Waals surface area contributed by atoms with E-state index in [2.05, 4.69) is 4.72 Å². The van der Waals surface area contributed by atoms with Crippen LogP contribution in [0, 0.1) is 0 Å². The Morgan fingerprint density at radius 2 is 1.88 bits per heavy atom. The van der Waals surface area contributed by atoms with Gasteiger partial charge in [-0.05, 0) is 25.7 Å². The van der Waals surface area contributed by atoms with Crippen LogP contribution in [-0.2, 0) is 10.2 Å². The Labute approximate surface area is 104 Å². The molecule has 0 aromatic rings. The lowest BCUT2D eigenvalue weighted by atomic mass is 9.96. The van der Waals surface area contributed by atoms with E-state index in [4.69, 9.17) is 5.11 Å². The molecule has 2 N–H and O–H groups in total. The highest BCUT2D eigenvalue weighted by atomic mass is 32.2. The van der Waals surface area contributed by atoms with Gasteiger partial charge in [0.05, 0.1) is 0 Å². The van der Waals surface area contributed by atoms with Crippen LogP contribution in [0.4, 0.5) is 0 Å². The van der Waals surface area contributed by atoms with Crippen LogP contribution in [0.2, 0.25) is 0 Å². The molecule has 0 heterocycles. The highest BCUT2D eigenvalue weighted by molar-refractivity contribution is 7.87. The molecule has 1 fully saturated rings. The van der Waals surface area contributed by atoms with Crippen molar-refractivity contribution in [2.24, 2.45) is 0 Å². The summed E-state index contributed by atoms with van der Waals surface area (Å²) in [6.45, 7) is 0.514. The van der Waals surface area contributed by atoms with Crippen LogP contribution >= 0.6 is 0 Å². The van der Waals surface area contributed by atoms with Crippen LogP contribution < -0.4 is 4.72 Å². The van der Waals surface area contributed by atoms with Crippen molar-refractivity contribution in [1.29, 1.82) is 0 Å². The van der Waals surface area contributed by atoms with Crippen molar-refractivity contribution in [3.63, 3.8) is 0 Å². The molecule has 1 rings (SSSR count). The topological polar surface area (TPSA) is 69.6 Å². The number of aliphatic hydroxyl groups excluding tert-OH is 1. The lowest BCUT2D eigenvalue weighted by Crippen LogP contribution is -2.45. The summed E-state index contributed by atoms with van der Waals surface area (Å²) in [4.78, 5) is 0. The molecule has 1 saturated carbocycles. The quantitative estimate of drug-likeness (QED) is 0.670. The van der Waals surface area contributed by atoms with E-state index in [-0.39, 0.29) is 12.6 Å². The molecule has 5 nitrogen and oxygen atoms in total. The Morgan fingerprint density at radius 3 is 2.47 bits per heavy atom. The van der Waals surface area contributed by atoms with Gasteiger partial charge in [0.1, 0.15) is 0 Å². The summed E-state index contributed by atoms with van der Waals surface area (Å²) in [5.74, 6) is 0. The van der Waals surface area contributed by atoms with E-state index in [0.717, 1.165) is 25.7 Å². The molecule has 0 aliphatic heterocycles. The number of nitrogens with zero attached hydrogens (tertiary/aromatic N) is 1. The van der Waals surface area contributed by atoms with E-state index in [0.29, 0.717) is 19.4 Å². The van der Waals surface area contributed by atoms with Gasteiger partial charge in [-0.3, -0.25) is 0 Å². The minimum Gasteiger partial charge on any atom is -0.396 e. The van der Waals surface area contributed by atoms with Crippen molar-refractivity contribution >= 4 is 10.2 Å². The Balaban J connectivity index is 2.39. The predicted molar refractivity (Wildman–Crippen MR) is 67.9 cm³/mol. The zero-order valence-electron chi connectivity index (χ0n) is 10.6. The summed E-state index contributed by atoms with van der Waals surface area (Å²) in [5.41, 5.74) is 0. The number of unbranched alkanes of at least 4 members (excludes halogenated alkanes) is 1. The summed E-state index contributed by atoms with van der Waals surface area (Å²) < 4.78 is 27.9. The molecule has 0 amide bonds. The normalized spacial score (nSPS) is 18.8. The second-order valence-corrected chi connectivity index (χ2v) is 6.45. The maximum absolute atomic E-state index is 11.9. The lowest BCUT2D eigenvalue weighted by molar-refractivity contribution is 0.278. The van der Waals surface area contributed by atoms with E-state index in [1.165, 1.54) is 10.7 Å². The van der Waals surface area contributed by atoms with Crippen molar-refractivity contribution in [3.8, 4) is 0 Å². The molecule has 0 saturated heterocycles. The Kier molecular flexibility index (Phi) is 6.40. The maximum Gasteiger partial charge on any atom is 0.279 e. The highest BCUT2D eigenvalue weighted by Crippen LogP contribution is 2.22. The third-order valence-electron chi connectivity index (χ3n) is 3.34. The van der Waals surface area contributed by atoms with Crippen LogP contribution in [-0.4, -0.2) is 44.1 Å². The molecule has 17 heavy (non-hydrogen) atoms. The number of nitrogens with one attached hydrogen (secondary N) is 1. The van der Waals surface area contributed by atoms with Gasteiger partial charge in [0, 0.05) is 26.2 Å².